The predicted molar refractivity (Wildman–Crippen MR) is 40.0 cm³/mol. The van der Waals surface area contributed by atoms with E-state index in [1.54, 1.807) is 6.92 Å². The Morgan fingerprint density at radius 3 is 2.50 bits per heavy atom. The number of thiol groups is 1. The fourth-order valence-corrected chi connectivity index (χ4v) is 0.446. The molecule has 0 aliphatic rings. The van der Waals surface area contributed by atoms with Gasteiger partial charge in [0.1, 0.15) is 4.32 Å². The largest absolute Gasteiger partial charge is 0.312 e. The number of hydrogen-bond donors (Lipinski definition) is 2. The Morgan fingerprint density at radius 1 is 1.88 bits per heavy atom. The highest BCUT2D eigenvalue weighted by Crippen LogP contribution is 1.80. The molecule has 0 aromatic carbocycles. The number of carbonyl (C=O) groups is 1. The van der Waals surface area contributed by atoms with Gasteiger partial charge in [-0.2, -0.15) is 0 Å². The molecule has 0 saturated heterocycles. The van der Waals surface area contributed by atoms with Crippen LogP contribution in [0.5, 0.6) is 0 Å². The van der Waals surface area contributed by atoms with Crippen molar-refractivity contribution in [2.24, 2.45) is 0 Å². The number of nitrogens with one attached hydrogen (secondary N) is 1. The summed E-state index contributed by atoms with van der Waals surface area (Å²) in [6.07, 6.45) is 0.445. The predicted octanol–water partition coefficient (Wildman–Crippen LogP) is 0.727. The third kappa shape index (κ3) is 4.08. The average Bonchev–Trinajstić information content (AvgIpc) is 1.65. The minimum Gasteiger partial charge on any atom is -0.312 e. The lowest BCUT2D eigenvalue weighted by Crippen LogP contribution is -2.23. The van der Waals surface area contributed by atoms with Gasteiger partial charge >= 0.3 is 0 Å². The van der Waals surface area contributed by atoms with E-state index in [1.807, 2.05) is 0 Å². The number of carbonyl (C=O) groups excluding carboxylic acids is 1. The summed E-state index contributed by atoms with van der Waals surface area (Å²) in [6.45, 7) is 1.75. The summed E-state index contributed by atoms with van der Waals surface area (Å²) >= 11 is 8.16. The van der Waals surface area contributed by atoms with E-state index >= 15 is 0 Å². The van der Waals surface area contributed by atoms with Crippen molar-refractivity contribution in [2.45, 2.75) is 13.3 Å². The van der Waals surface area contributed by atoms with Crippen LogP contribution in [-0.2, 0) is 4.79 Å². The third-order valence-corrected chi connectivity index (χ3v) is 0.781. The van der Waals surface area contributed by atoms with Crippen LogP contribution in [0.15, 0.2) is 0 Å². The van der Waals surface area contributed by atoms with Gasteiger partial charge in [0.15, 0.2) is 0 Å². The zero-order chi connectivity index (χ0) is 6.57. The van der Waals surface area contributed by atoms with E-state index in [2.05, 4.69) is 30.2 Å². The van der Waals surface area contributed by atoms with E-state index < -0.39 is 0 Å². The number of rotatable bonds is 1. The molecule has 0 bridgehead atoms. The second-order valence-corrected chi connectivity index (χ2v) is 2.36. The summed E-state index contributed by atoms with van der Waals surface area (Å²) in [5.41, 5.74) is 0. The highest BCUT2D eigenvalue weighted by molar-refractivity contribution is 8.11. The Kier molecular flexibility index (Phi) is 3.81. The van der Waals surface area contributed by atoms with Gasteiger partial charge in [0.05, 0.1) is 0 Å². The standard InChI is InChI=1S/C4H7NOS2/c1-2-3(6)5-4(7)8/h2H2,1H3,(H2,5,6,7,8). The van der Waals surface area contributed by atoms with Crippen molar-refractivity contribution in [3.05, 3.63) is 0 Å². The van der Waals surface area contributed by atoms with Crippen LogP contribution < -0.4 is 5.32 Å². The van der Waals surface area contributed by atoms with E-state index in [4.69, 9.17) is 0 Å². The third-order valence-electron chi connectivity index (χ3n) is 0.567. The van der Waals surface area contributed by atoms with Crippen LogP contribution in [0.4, 0.5) is 0 Å². The lowest BCUT2D eigenvalue weighted by molar-refractivity contribution is -0.119. The van der Waals surface area contributed by atoms with E-state index in [1.165, 1.54) is 0 Å². The summed E-state index contributed by atoms with van der Waals surface area (Å²) in [5.74, 6) is -0.0926. The Morgan fingerprint density at radius 2 is 2.38 bits per heavy atom. The number of thiocarbonyl (C=S) groups is 1. The molecule has 0 spiro atoms. The van der Waals surface area contributed by atoms with Crippen LogP contribution >= 0.6 is 24.8 Å². The number of hydrogen-bond acceptors (Lipinski definition) is 2. The summed E-state index contributed by atoms with van der Waals surface area (Å²) in [4.78, 5) is 10.4. The van der Waals surface area contributed by atoms with E-state index in [-0.39, 0.29) is 10.2 Å². The summed E-state index contributed by atoms with van der Waals surface area (Å²) in [5, 5.41) is 2.35. The van der Waals surface area contributed by atoms with Crippen LogP contribution in [-0.4, -0.2) is 10.2 Å². The second kappa shape index (κ2) is 3.86. The Bertz CT molecular complexity index is 113. The van der Waals surface area contributed by atoms with Crippen LogP contribution in [0, 0.1) is 0 Å². The van der Waals surface area contributed by atoms with Gasteiger partial charge in [-0.25, -0.2) is 0 Å². The molecule has 46 valence electrons. The van der Waals surface area contributed by atoms with Crippen molar-refractivity contribution >= 4 is 35.1 Å². The molecule has 1 amide bonds. The molecular formula is C4H7NOS2. The van der Waals surface area contributed by atoms with Gasteiger partial charge in [-0.15, -0.1) is 12.6 Å². The van der Waals surface area contributed by atoms with E-state index in [9.17, 15) is 4.79 Å². The molecule has 4 heteroatoms. The molecule has 0 aliphatic carbocycles. The van der Waals surface area contributed by atoms with Crippen LogP contribution in [0.2, 0.25) is 0 Å². The molecule has 0 heterocycles. The fourth-order valence-electron chi connectivity index (χ4n) is 0.208. The van der Waals surface area contributed by atoms with Crippen molar-refractivity contribution in [1.29, 1.82) is 0 Å². The van der Waals surface area contributed by atoms with Gasteiger partial charge in [-0.05, 0) is 0 Å². The molecule has 0 aromatic heterocycles. The molecule has 0 fully saturated rings. The fraction of sp³-hybridized carbons (Fsp3) is 0.500. The highest BCUT2D eigenvalue weighted by atomic mass is 32.1. The Labute approximate surface area is 59.1 Å². The molecule has 0 aliphatic heterocycles. The monoisotopic (exact) mass is 149 g/mol. The summed E-state index contributed by atoms with van der Waals surface area (Å²) in [6, 6.07) is 0. The molecule has 8 heavy (non-hydrogen) atoms. The Hall–Kier alpha value is -0.0900. The molecule has 1 N–H and O–H groups in total. The zero-order valence-corrected chi connectivity index (χ0v) is 6.18. The van der Waals surface area contributed by atoms with Crippen molar-refractivity contribution < 1.29 is 4.79 Å². The first-order valence-electron chi connectivity index (χ1n) is 2.19. The van der Waals surface area contributed by atoms with Crippen molar-refractivity contribution in [2.75, 3.05) is 0 Å². The first kappa shape index (κ1) is 7.91. The topological polar surface area (TPSA) is 29.1 Å². The SMILES string of the molecule is CCC(=O)NC(=S)S. The van der Waals surface area contributed by atoms with Gasteiger partial charge in [0.2, 0.25) is 5.91 Å². The Balaban J connectivity index is 3.40. The average molecular weight is 149 g/mol. The first-order chi connectivity index (χ1) is 3.66. The van der Waals surface area contributed by atoms with Gasteiger partial charge in [0, 0.05) is 6.42 Å². The molecule has 2 nitrogen and oxygen atoms in total. The normalized spacial score (nSPS) is 8.25. The molecular weight excluding hydrogens is 142 g/mol. The smallest absolute Gasteiger partial charge is 0.225 e. The maximum Gasteiger partial charge on any atom is 0.225 e. The van der Waals surface area contributed by atoms with Gasteiger partial charge < -0.3 is 5.32 Å². The van der Waals surface area contributed by atoms with Crippen LogP contribution in [0.25, 0.3) is 0 Å². The van der Waals surface area contributed by atoms with Gasteiger partial charge in [-0.1, -0.05) is 19.1 Å². The van der Waals surface area contributed by atoms with Crippen molar-refractivity contribution in [1.82, 2.24) is 5.32 Å². The summed E-state index contributed by atoms with van der Waals surface area (Å²) in [7, 11) is 0. The maximum absolute atomic E-state index is 10.4. The molecule has 0 radical (unpaired) electrons. The lowest BCUT2D eigenvalue weighted by atomic mass is 10.5. The van der Waals surface area contributed by atoms with Gasteiger partial charge in [-0.3, -0.25) is 4.79 Å². The number of amides is 1. The molecule has 0 rings (SSSR count). The van der Waals surface area contributed by atoms with E-state index in [0.717, 1.165) is 0 Å². The highest BCUT2D eigenvalue weighted by Gasteiger charge is 1.94. The maximum atomic E-state index is 10.4. The van der Waals surface area contributed by atoms with Crippen molar-refractivity contribution in [3.8, 4) is 0 Å². The van der Waals surface area contributed by atoms with Crippen molar-refractivity contribution in [3.63, 3.8) is 0 Å². The van der Waals surface area contributed by atoms with E-state index in [0.29, 0.717) is 6.42 Å². The second-order valence-electron chi connectivity index (χ2n) is 1.21. The lowest BCUT2D eigenvalue weighted by Gasteiger charge is -1.95. The first-order valence-corrected chi connectivity index (χ1v) is 3.05. The summed E-state index contributed by atoms with van der Waals surface area (Å²) < 4.78 is 0.233. The quantitative estimate of drug-likeness (QED) is 0.425. The molecule has 0 unspecified atom stereocenters. The molecule has 0 saturated carbocycles. The minimum atomic E-state index is -0.0926. The van der Waals surface area contributed by atoms with Crippen LogP contribution in [0.1, 0.15) is 13.3 Å². The zero-order valence-electron chi connectivity index (χ0n) is 4.47. The molecule has 0 atom stereocenters. The van der Waals surface area contributed by atoms with Gasteiger partial charge in [0.25, 0.3) is 0 Å². The van der Waals surface area contributed by atoms with Crippen LogP contribution in [0.3, 0.4) is 0 Å². The molecule has 0 aromatic rings. The minimum absolute atomic E-state index is 0.0926.